The number of hydrogen-bond acceptors (Lipinski definition) is 6. The van der Waals surface area contributed by atoms with E-state index in [1.165, 1.54) is 9.80 Å². The highest BCUT2D eigenvalue weighted by Gasteiger charge is 2.45. The summed E-state index contributed by atoms with van der Waals surface area (Å²) in [6, 6.07) is 58.5. The molecule has 0 bridgehead atoms. The van der Waals surface area contributed by atoms with Gasteiger partial charge in [-0.25, -0.2) is 9.80 Å². The first-order valence-corrected chi connectivity index (χ1v) is 22.2. The third-order valence-electron chi connectivity index (χ3n) is 14.1. The lowest BCUT2D eigenvalue weighted by molar-refractivity contribution is 0.0910. The third kappa shape index (κ3) is 5.38. The van der Waals surface area contributed by atoms with E-state index in [1.807, 2.05) is 97.1 Å². The maximum atomic E-state index is 14.5. The Bertz CT molecular complexity index is 3100. The summed E-state index contributed by atoms with van der Waals surface area (Å²) in [6.45, 7) is 8.85. The lowest BCUT2D eigenvalue weighted by Crippen LogP contribution is -2.32. The largest absolute Gasteiger partial charge is 0.309 e. The number of imide groups is 2. The minimum atomic E-state index is -0.385. The molecule has 0 fully saturated rings. The highest BCUT2D eigenvalue weighted by Crippen LogP contribution is 2.55. The smallest absolute Gasteiger partial charge is 0.268 e. The number of hydrogen-bond donors (Lipinski definition) is 0. The summed E-state index contributed by atoms with van der Waals surface area (Å²) >= 11 is 0. The molecule has 8 nitrogen and oxygen atoms in total. The average molecular weight is 859 g/mol. The van der Waals surface area contributed by atoms with E-state index in [0.29, 0.717) is 45.0 Å². The molecule has 66 heavy (non-hydrogen) atoms. The molecule has 8 aromatic carbocycles. The molecule has 0 aliphatic carbocycles. The number of nitrogens with zero attached hydrogens (tertiary/aromatic N) is 4. The standard InChI is InChI=1S/C58H42N4O4/c1-57(2)41-17-5-9-21-45(41)61(46-22-10-6-18-42(46)57)49-25-13-15-39-51(49)55(65)59(53(39)63)37-31-27-35(28-32-37)36-29-33-38(34-30-36)60-54(64)40-16-14-26-50(52(40)56(60)66)62-47-23-11-7-19-43(47)58(3,4)44-20-8-12-24-48(44)62/h5-34H,1-4H3. The van der Waals surface area contributed by atoms with Crippen molar-refractivity contribution in [1.29, 1.82) is 0 Å². The summed E-state index contributed by atoms with van der Waals surface area (Å²) in [5, 5.41) is 0. The van der Waals surface area contributed by atoms with Gasteiger partial charge in [0.2, 0.25) is 0 Å². The lowest BCUT2D eigenvalue weighted by Gasteiger charge is -2.42. The van der Waals surface area contributed by atoms with E-state index in [2.05, 4.69) is 86.0 Å². The summed E-state index contributed by atoms with van der Waals surface area (Å²) in [6.07, 6.45) is 0. The van der Waals surface area contributed by atoms with Crippen molar-refractivity contribution in [2.24, 2.45) is 0 Å². The molecule has 4 aliphatic rings. The Morgan fingerprint density at radius 1 is 0.288 bits per heavy atom. The first kappa shape index (κ1) is 39.2. The fraction of sp³-hybridized carbons (Fsp3) is 0.103. The number of para-hydroxylation sites is 4. The van der Waals surface area contributed by atoms with Gasteiger partial charge in [0.05, 0.1) is 67.8 Å². The fourth-order valence-corrected chi connectivity index (χ4v) is 10.8. The molecule has 0 saturated heterocycles. The second kappa shape index (κ2) is 14.1. The number of amides is 4. The molecule has 0 unspecified atom stereocenters. The number of carbonyl (C=O) groups excluding carboxylic acids is 4. The summed E-state index contributed by atoms with van der Waals surface area (Å²) in [5.41, 5.74) is 13.2. The number of anilines is 8. The van der Waals surface area contributed by atoms with E-state index in [-0.39, 0.29) is 34.5 Å². The maximum Gasteiger partial charge on any atom is 0.268 e. The fourth-order valence-electron chi connectivity index (χ4n) is 10.8. The maximum absolute atomic E-state index is 14.5. The Hall–Kier alpha value is -8.36. The van der Waals surface area contributed by atoms with Crippen molar-refractivity contribution in [3.63, 3.8) is 0 Å². The van der Waals surface area contributed by atoms with Crippen LogP contribution in [0.2, 0.25) is 0 Å². The number of fused-ring (bicyclic) bond motifs is 6. The molecular formula is C58H42N4O4. The van der Waals surface area contributed by atoms with Gasteiger partial charge >= 0.3 is 0 Å². The van der Waals surface area contributed by atoms with Gasteiger partial charge in [0.1, 0.15) is 0 Å². The highest BCUT2D eigenvalue weighted by atomic mass is 16.2. The molecule has 12 rings (SSSR count). The Labute approximate surface area is 382 Å². The number of benzene rings is 8. The van der Waals surface area contributed by atoms with Gasteiger partial charge in [-0.05, 0) is 106 Å². The first-order valence-electron chi connectivity index (χ1n) is 22.2. The van der Waals surface area contributed by atoms with Crippen LogP contribution in [0.25, 0.3) is 11.1 Å². The van der Waals surface area contributed by atoms with Gasteiger partial charge < -0.3 is 9.80 Å². The first-order chi connectivity index (χ1) is 32.0. The van der Waals surface area contributed by atoms with Crippen molar-refractivity contribution < 1.29 is 19.2 Å². The van der Waals surface area contributed by atoms with Gasteiger partial charge in [-0.1, -0.05) is 137 Å². The van der Waals surface area contributed by atoms with E-state index < -0.39 is 0 Å². The SMILES string of the molecule is CC1(C)c2ccccc2N(c2cccc3c2C(=O)N(c2ccc(-c4ccc(N5C(=O)c6cccc(N7c8ccccc8C(C)(C)c8ccccc87)c6C5=O)cc4)cc2)C3=O)c2ccccc21. The van der Waals surface area contributed by atoms with Crippen molar-refractivity contribution in [2.75, 3.05) is 19.6 Å². The Morgan fingerprint density at radius 3 is 0.894 bits per heavy atom. The summed E-state index contributed by atoms with van der Waals surface area (Å²) in [7, 11) is 0. The van der Waals surface area contributed by atoms with Crippen molar-refractivity contribution in [3.8, 4) is 11.1 Å². The molecule has 8 heteroatoms. The van der Waals surface area contributed by atoms with Gasteiger partial charge in [0, 0.05) is 10.8 Å². The van der Waals surface area contributed by atoms with Crippen LogP contribution >= 0.6 is 0 Å². The second-order valence-corrected chi connectivity index (χ2v) is 18.4. The van der Waals surface area contributed by atoms with Crippen LogP contribution in [0.5, 0.6) is 0 Å². The molecule has 4 aliphatic heterocycles. The Kier molecular flexibility index (Phi) is 8.37. The van der Waals surface area contributed by atoms with Gasteiger partial charge in [-0.3, -0.25) is 19.2 Å². The van der Waals surface area contributed by atoms with Crippen LogP contribution in [-0.4, -0.2) is 23.6 Å². The molecule has 4 amide bonds. The number of carbonyl (C=O) groups is 4. The quantitative estimate of drug-likeness (QED) is 0.160. The summed E-state index contributed by atoms with van der Waals surface area (Å²) in [5.74, 6) is -1.53. The van der Waals surface area contributed by atoms with Crippen LogP contribution in [0.4, 0.5) is 45.5 Å². The van der Waals surface area contributed by atoms with Crippen LogP contribution in [0, 0.1) is 0 Å². The van der Waals surface area contributed by atoms with Crippen molar-refractivity contribution in [3.05, 3.63) is 226 Å². The van der Waals surface area contributed by atoms with Crippen LogP contribution < -0.4 is 19.6 Å². The molecule has 8 aromatic rings. The molecule has 0 aromatic heterocycles. The Morgan fingerprint density at radius 2 is 0.576 bits per heavy atom. The summed E-state index contributed by atoms with van der Waals surface area (Å²) < 4.78 is 0. The predicted octanol–water partition coefficient (Wildman–Crippen LogP) is 13.2. The molecule has 0 saturated carbocycles. The zero-order valence-corrected chi connectivity index (χ0v) is 36.7. The van der Waals surface area contributed by atoms with Crippen LogP contribution in [-0.2, 0) is 10.8 Å². The van der Waals surface area contributed by atoms with Crippen LogP contribution in [0.1, 0.15) is 91.4 Å². The van der Waals surface area contributed by atoms with Crippen LogP contribution in [0.3, 0.4) is 0 Å². The van der Waals surface area contributed by atoms with Crippen molar-refractivity contribution in [2.45, 2.75) is 38.5 Å². The van der Waals surface area contributed by atoms with Crippen molar-refractivity contribution >= 4 is 69.1 Å². The molecule has 0 radical (unpaired) electrons. The zero-order chi connectivity index (χ0) is 45.2. The molecular weight excluding hydrogens is 817 g/mol. The van der Waals surface area contributed by atoms with E-state index >= 15 is 0 Å². The molecule has 0 atom stereocenters. The highest BCUT2D eigenvalue weighted by molar-refractivity contribution is 6.37. The minimum absolute atomic E-state index is 0.276. The van der Waals surface area contributed by atoms with Gasteiger partial charge in [-0.2, -0.15) is 0 Å². The molecule has 0 spiro atoms. The van der Waals surface area contributed by atoms with Crippen LogP contribution in [0.15, 0.2) is 182 Å². The van der Waals surface area contributed by atoms with E-state index in [1.54, 1.807) is 36.4 Å². The molecule has 4 heterocycles. The zero-order valence-electron chi connectivity index (χ0n) is 36.7. The lowest BCUT2D eigenvalue weighted by atomic mass is 9.73. The Balaban J connectivity index is 0.832. The third-order valence-corrected chi connectivity index (χ3v) is 14.1. The number of rotatable bonds is 5. The van der Waals surface area contributed by atoms with Gasteiger partial charge in [0.25, 0.3) is 23.6 Å². The predicted molar refractivity (Wildman–Crippen MR) is 261 cm³/mol. The van der Waals surface area contributed by atoms with Gasteiger partial charge in [-0.15, -0.1) is 0 Å². The van der Waals surface area contributed by atoms with E-state index in [0.717, 1.165) is 56.1 Å². The topological polar surface area (TPSA) is 81.2 Å². The normalized spacial score (nSPS) is 16.1. The van der Waals surface area contributed by atoms with E-state index in [9.17, 15) is 19.2 Å². The van der Waals surface area contributed by atoms with E-state index in [4.69, 9.17) is 0 Å². The van der Waals surface area contributed by atoms with Gasteiger partial charge in [0.15, 0.2) is 0 Å². The monoisotopic (exact) mass is 858 g/mol. The molecule has 318 valence electrons. The molecule has 0 N–H and O–H groups in total. The average Bonchev–Trinajstić information content (AvgIpc) is 3.76. The summed E-state index contributed by atoms with van der Waals surface area (Å²) in [4.78, 5) is 64.1. The minimum Gasteiger partial charge on any atom is -0.309 e. The second-order valence-electron chi connectivity index (χ2n) is 18.4. The van der Waals surface area contributed by atoms with Crippen molar-refractivity contribution in [1.82, 2.24) is 0 Å².